The van der Waals surface area contributed by atoms with Gasteiger partial charge in [0.25, 0.3) is 0 Å². The maximum absolute atomic E-state index is 10.1. The molecule has 1 rings (SSSR count). The number of rotatable bonds is 9. The molecule has 0 aromatic rings. The summed E-state index contributed by atoms with van der Waals surface area (Å²) in [7, 11) is 0. The van der Waals surface area contributed by atoms with Gasteiger partial charge in [0.15, 0.2) is 0 Å². The number of aliphatic imine (C=N–C) groups is 4. The summed E-state index contributed by atoms with van der Waals surface area (Å²) in [6.45, 7) is 1.83. The first-order valence-corrected chi connectivity index (χ1v) is 7.89. The fourth-order valence-electron chi connectivity index (χ4n) is 2.54. The zero-order valence-electron chi connectivity index (χ0n) is 13.7. The SMILES string of the molecule is O=C=NCC1(CN=C=O)CCCCC1.O=C=NCCCCN=C=O. The van der Waals surface area contributed by atoms with Gasteiger partial charge in [0.2, 0.25) is 24.3 Å². The molecule has 1 aliphatic rings. The lowest BCUT2D eigenvalue weighted by Crippen LogP contribution is -2.30. The van der Waals surface area contributed by atoms with Crippen molar-refractivity contribution in [1.29, 1.82) is 0 Å². The number of carbonyl (C=O) groups excluding carboxylic acids is 4. The molecule has 0 atom stereocenters. The molecule has 0 aromatic heterocycles. The van der Waals surface area contributed by atoms with E-state index < -0.39 is 0 Å². The summed E-state index contributed by atoms with van der Waals surface area (Å²) in [6.07, 6.45) is 12.9. The van der Waals surface area contributed by atoms with E-state index in [1.807, 2.05) is 0 Å². The molecule has 0 unspecified atom stereocenters. The molecule has 0 radical (unpaired) electrons. The van der Waals surface area contributed by atoms with Crippen LogP contribution in [-0.4, -0.2) is 50.5 Å². The van der Waals surface area contributed by atoms with Gasteiger partial charge in [-0.05, 0) is 25.7 Å². The molecule has 0 amide bonds. The summed E-state index contributed by atoms with van der Waals surface area (Å²) in [6, 6.07) is 0. The van der Waals surface area contributed by atoms with Gasteiger partial charge in [-0.2, -0.15) is 0 Å². The average molecular weight is 334 g/mol. The number of unbranched alkanes of at least 4 members (excludes halogenated alkanes) is 1. The van der Waals surface area contributed by atoms with Crippen LogP contribution in [0.4, 0.5) is 0 Å². The molecule has 0 spiro atoms. The van der Waals surface area contributed by atoms with Crippen molar-refractivity contribution in [2.45, 2.75) is 44.9 Å². The van der Waals surface area contributed by atoms with E-state index in [0.717, 1.165) is 38.5 Å². The van der Waals surface area contributed by atoms with Crippen molar-refractivity contribution in [3.05, 3.63) is 0 Å². The lowest BCUT2D eigenvalue weighted by atomic mass is 9.74. The van der Waals surface area contributed by atoms with Crippen molar-refractivity contribution >= 4 is 24.3 Å². The first-order chi connectivity index (χ1) is 11.7. The highest BCUT2D eigenvalue weighted by molar-refractivity contribution is 5.34. The third kappa shape index (κ3) is 11.1. The molecule has 130 valence electrons. The molecule has 8 heteroatoms. The quantitative estimate of drug-likeness (QED) is 0.364. The predicted octanol–water partition coefficient (Wildman–Crippen LogP) is 2.05. The fourth-order valence-corrected chi connectivity index (χ4v) is 2.54. The van der Waals surface area contributed by atoms with Crippen molar-refractivity contribution in [2.75, 3.05) is 26.2 Å². The van der Waals surface area contributed by atoms with Crippen molar-refractivity contribution in [2.24, 2.45) is 25.4 Å². The van der Waals surface area contributed by atoms with Crippen molar-refractivity contribution < 1.29 is 19.2 Å². The minimum Gasteiger partial charge on any atom is -0.211 e. The Kier molecular flexibility index (Phi) is 13.8. The monoisotopic (exact) mass is 334 g/mol. The number of hydrogen-bond donors (Lipinski definition) is 0. The van der Waals surface area contributed by atoms with Crippen molar-refractivity contribution in [1.82, 2.24) is 0 Å². The Bertz CT molecular complexity index is 490. The maximum Gasteiger partial charge on any atom is 0.234 e. The molecule has 8 nitrogen and oxygen atoms in total. The molecular weight excluding hydrogens is 312 g/mol. The maximum atomic E-state index is 10.1. The normalized spacial score (nSPS) is 14.3. The first kappa shape index (κ1) is 21.5. The summed E-state index contributed by atoms with van der Waals surface area (Å²) >= 11 is 0. The Morgan fingerprint density at radius 1 is 0.625 bits per heavy atom. The Morgan fingerprint density at radius 2 is 1.04 bits per heavy atom. The van der Waals surface area contributed by atoms with Gasteiger partial charge in [0.1, 0.15) is 0 Å². The fraction of sp³-hybridized carbons (Fsp3) is 0.750. The number of nitrogens with zero attached hydrogens (tertiary/aromatic N) is 4. The Labute approximate surface area is 140 Å². The lowest BCUT2D eigenvalue weighted by molar-refractivity contribution is 0.210. The molecule has 24 heavy (non-hydrogen) atoms. The second-order valence-electron chi connectivity index (χ2n) is 5.53. The molecule has 0 bridgehead atoms. The van der Waals surface area contributed by atoms with Crippen LogP contribution >= 0.6 is 0 Å². The van der Waals surface area contributed by atoms with E-state index in [0.29, 0.717) is 26.2 Å². The number of isocyanates is 4. The van der Waals surface area contributed by atoms with Gasteiger partial charge in [-0.25, -0.2) is 39.1 Å². The molecule has 0 heterocycles. The zero-order chi connectivity index (χ0) is 17.9. The van der Waals surface area contributed by atoms with E-state index in [-0.39, 0.29) is 5.41 Å². The topological polar surface area (TPSA) is 118 Å². The van der Waals surface area contributed by atoms with Crippen LogP contribution in [0, 0.1) is 5.41 Å². The highest BCUT2D eigenvalue weighted by Gasteiger charge is 2.31. The Morgan fingerprint density at radius 3 is 1.42 bits per heavy atom. The van der Waals surface area contributed by atoms with Gasteiger partial charge < -0.3 is 0 Å². The molecule has 0 N–H and O–H groups in total. The van der Waals surface area contributed by atoms with E-state index in [4.69, 9.17) is 0 Å². The van der Waals surface area contributed by atoms with E-state index in [1.165, 1.54) is 18.6 Å². The Hall–Kier alpha value is -2.48. The lowest BCUT2D eigenvalue weighted by Gasteiger charge is -2.33. The molecule has 0 saturated heterocycles. The summed E-state index contributed by atoms with van der Waals surface area (Å²) in [4.78, 5) is 53.1. The molecule has 0 aromatic carbocycles. The predicted molar refractivity (Wildman–Crippen MR) is 86.7 cm³/mol. The highest BCUT2D eigenvalue weighted by atomic mass is 16.1. The zero-order valence-corrected chi connectivity index (χ0v) is 13.7. The van der Waals surface area contributed by atoms with Gasteiger partial charge in [0.05, 0.1) is 26.2 Å². The summed E-state index contributed by atoms with van der Waals surface area (Å²) in [5.41, 5.74) is -0.0763. The van der Waals surface area contributed by atoms with Crippen LogP contribution in [0.15, 0.2) is 20.0 Å². The van der Waals surface area contributed by atoms with E-state index in [9.17, 15) is 19.2 Å². The van der Waals surface area contributed by atoms with Gasteiger partial charge >= 0.3 is 0 Å². The standard InChI is InChI=1S/C10H14N2O2.C6H8N2O2/c13-8-11-6-10(7-12-9-14)4-2-1-3-5-10;9-5-7-3-1-2-4-8-6-10/h1-7H2;1-4H2. The highest BCUT2D eigenvalue weighted by Crippen LogP contribution is 2.36. The minimum atomic E-state index is -0.0763. The summed E-state index contributed by atoms with van der Waals surface area (Å²) < 4.78 is 0. The van der Waals surface area contributed by atoms with E-state index >= 15 is 0 Å². The molecule has 0 aliphatic heterocycles. The smallest absolute Gasteiger partial charge is 0.211 e. The van der Waals surface area contributed by atoms with Gasteiger partial charge in [-0.15, -0.1) is 0 Å². The van der Waals surface area contributed by atoms with Crippen LogP contribution in [0.5, 0.6) is 0 Å². The van der Waals surface area contributed by atoms with Crippen LogP contribution in [0.3, 0.4) is 0 Å². The molecule has 1 aliphatic carbocycles. The summed E-state index contributed by atoms with van der Waals surface area (Å²) in [5.74, 6) is 0. The Balaban J connectivity index is 0.000000470. The minimum absolute atomic E-state index is 0.0763. The molecule has 1 fully saturated rings. The van der Waals surface area contributed by atoms with Gasteiger partial charge in [0, 0.05) is 5.41 Å². The van der Waals surface area contributed by atoms with E-state index in [1.54, 1.807) is 12.2 Å². The van der Waals surface area contributed by atoms with Crippen molar-refractivity contribution in [3.8, 4) is 0 Å². The third-order valence-electron chi connectivity index (χ3n) is 3.79. The van der Waals surface area contributed by atoms with Gasteiger partial charge in [-0.3, -0.25) is 0 Å². The van der Waals surface area contributed by atoms with Gasteiger partial charge in [-0.1, -0.05) is 19.3 Å². The number of hydrogen-bond acceptors (Lipinski definition) is 8. The van der Waals surface area contributed by atoms with Crippen LogP contribution in [0.2, 0.25) is 0 Å². The van der Waals surface area contributed by atoms with Crippen LogP contribution in [0.25, 0.3) is 0 Å². The molecular formula is C16H22N4O4. The second kappa shape index (κ2) is 15.4. The van der Waals surface area contributed by atoms with Crippen LogP contribution < -0.4 is 0 Å². The average Bonchev–Trinajstić information content (AvgIpc) is 2.63. The first-order valence-electron chi connectivity index (χ1n) is 7.89. The second-order valence-corrected chi connectivity index (χ2v) is 5.53. The van der Waals surface area contributed by atoms with Crippen LogP contribution in [0.1, 0.15) is 44.9 Å². The largest absolute Gasteiger partial charge is 0.234 e. The summed E-state index contributed by atoms with van der Waals surface area (Å²) in [5, 5.41) is 0. The van der Waals surface area contributed by atoms with Crippen LogP contribution in [-0.2, 0) is 19.2 Å². The van der Waals surface area contributed by atoms with Crippen molar-refractivity contribution in [3.63, 3.8) is 0 Å². The third-order valence-corrected chi connectivity index (χ3v) is 3.79. The molecule has 1 saturated carbocycles. The van der Waals surface area contributed by atoms with E-state index in [2.05, 4.69) is 20.0 Å².